The van der Waals surface area contributed by atoms with Crippen LogP contribution in [0.4, 0.5) is 0 Å². The smallest absolute Gasteiger partial charge is 0.0130 e. The fraction of sp³-hybridized carbons (Fsp3) is 0.750. The van der Waals surface area contributed by atoms with Gasteiger partial charge in [0.1, 0.15) is 0 Å². The summed E-state index contributed by atoms with van der Waals surface area (Å²) in [6.45, 7) is 15.9. The fourth-order valence-corrected chi connectivity index (χ4v) is 0.916. The molecule has 0 aliphatic carbocycles. The van der Waals surface area contributed by atoms with Gasteiger partial charge in [0.2, 0.25) is 0 Å². The van der Waals surface area contributed by atoms with E-state index in [0.29, 0.717) is 0 Å². The molecule has 0 unspecified atom stereocenters. The summed E-state index contributed by atoms with van der Waals surface area (Å²) >= 11 is 0. The van der Waals surface area contributed by atoms with Crippen molar-refractivity contribution in [1.29, 1.82) is 0 Å². The van der Waals surface area contributed by atoms with Gasteiger partial charge in [0.25, 0.3) is 0 Å². The van der Waals surface area contributed by atoms with Crippen molar-refractivity contribution >= 4 is 0 Å². The predicted molar refractivity (Wildman–Crippen MR) is 42.0 cm³/mol. The third-order valence-electron chi connectivity index (χ3n) is 0.677. The molecular weight excluding hydrogens is 110 g/mol. The second-order valence-electron chi connectivity index (χ2n) is 3.89. The minimum atomic E-state index is -0.0781. The van der Waals surface area contributed by atoms with Gasteiger partial charge in [-0.25, -0.2) is 0 Å². The van der Waals surface area contributed by atoms with Crippen LogP contribution in [0.5, 0.6) is 0 Å². The maximum atomic E-state index is 3.90. The minimum absolute atomic E-state index is 0.0781. The highest BCUT2D eigenvalue weighted by atomic mass is 15.0. The first-order valence-electron chi connectivity index (χ1n) is 3.21. The van der Waals surface area contributed by atoms with Gasteiger partial charge in [0.05, 0.1) is 0 Å². The van der Waals surface area contributed by atoms with Gasteiger partial charge in [0.15, 0.2) is 0 Å². The van der Waals surface area contributed by atoms with E-state index < -0.39 is 0 Å². The Morgan fingerprint density at radius 1 is 0.889 bits per heavy atom. The summed E-state index contributed by atoms with van der Waals surface area (Å²) in [5, 5.41) is 3.24. The number of hydrogen-bond acceptors (Lipinski definition) is 1. The van der Waals surface area contributed by atoms with Crippen LogP contribution in [0, 0.1) is 13.8 Å². The molecule has 2 radical (unpaired) electrons. The Labute approximate surface area is 58.8 Å². The van der Waals surface area contributed by atoms with Crippen LogP contribution in [-0.4, -0.2) is 11.1 Å². The van der Waals surface area contributed by atoms with Crippen LogP contribution >= 0.6 is 0 Å². The highest BCUT2D eigenvalue weighted by Crippen LogP contribution is 2.07. The SMILES string of the molecule is [CH2]C(C)(C)NC([CH2])(C)C. The van der Waals surface area contributed by atoms with Gasteiger partial charge >= 0.3 is 0 Å². The van der Waals surface area contributed by atoms with Crippen LogP contribution in [0.15, 0.2) is 0 Å². The lowest BCUT2D eigenvalue weighted by molar-refractivity contribution is 0.356. The normalized spacial score (nSPS) is 14.0. The average molecular weight is 127 g/mol. The van der Waals surface area contributed by atoms with E-state index in [2.05, 4.69) is 19.2 Å². The molecule has 0 spiro atoms. The third-order valence-corrected chi connectivity index (χ3v) is 0.677. The molecule has 0 amide bonds. The van der Waals surface area contributed by atoms with Crippen molar-refractivity contribution in [3.05, 3.63) is 13.8 Å². The van der Waals surface area contributed by atoms with E-state index in [1.807, 2.05) is 27.7 Å². The van der Waals surface area contributed by atoms with E-state index in [1.54, 1.807) is 0 Å². The first-order valence-corrected chi connectivity index (χ1v) is 3.21. The second kappa shape index (κ2) is 2.30. The molecule has 0 saturated carbocycles. The number of nitrogens with one attached hydrogen (secondary N) is 1. The lowest BCUT2D eigenvalue weighted by atomic mass is 10.0. The molecule has 0 atom stereocenters. The molecule has 1 heteroatoms. The summed E-state index contributed by atoms with van der Waals surface area (Å²) < 4.78 is 0. The molecule has 0 aliphatic rings. The van der Waals surface area contributed by atoms with Crippen molar-refractivity contribution in [3.8, 4) is 0 Å². The molecule has 0 aromatic rings. The monoisotopic (exact) mass is 127 g/mol. The average Bonchev–Trinajstić information content (AvgIpc) is 1.14. The van der Waals surface area contributed by atoms with Gasteiger partial charge in [-0.3, -0.25) is 0 Å². The van der Waals surface area contributed by atoms with Gasteiger partial charge in [-0.2, -0.15) is 0 Å². The molecule has 1 N–H and O–H groups in total. The van der Waals surface area contributed by atoms with Gasteiger partial charge in [-0.15, -0.1) is 0 Å². The Hall–Kier alpha value is -0.0400. The standard InChI is InChI=1S/C8H17N/c1-7(2,3)9-8(4,5)6/h9H,1,4H2,2-3,5-6H3. The van der Waals surface area contributed by atoms with Gasteiger partial charge in [0, 0.05) is 11.1 Å². The van der Waals surface area contributed by atoms with Crippen molar-refractivity contribution in [2.75, 3.05) is 0 Å². The molecule has 0 aromatic carbocycles. The topological polar surface area (TPSA) is 12.0 Å². The fourth-order valence-electron chi connectivity index (χ4n) is 0.916. The van der Waals surface area contributed by atoms with E-state index >= 15 is 0 Å². The van der Waals surface area contributed by atoms with Crippen LogP contribution in [-0.2, 0) is 0 Å². The lowest BCUT2D eigenvalue weighted by Crippen LogP contribution is -2.48. The minimum Gasteiger partial charge on any atom is -0.307 e. The number of hydrogen-bond donors (Lipinski definition) is 1. The Bertz CT molecular complexity index is 69.7. The largest absolute Gasteiger partial charge is 0.307 e. The summed E-state index contributed by atoms with van der Waals surface area (Å²) in [7, 11) is 0. The summed E-state index contributed by atoms with van der Waals surface area (Å²) in [6, 6.07) is 0. The zero-order chi connectivity index (χ0) is 7.71. The van der Waals surface area contributed by atoms with Crippen LogP contribution in [0.2, 0.25) is 0 Å². The Kier molecular flexibility index (Phi) is 2.29. The highest BCUT2D eigenvalue weighted by molar-refractivity contribution is 4.91. The molecular formula is C8H17N. The van der Waals surface area contributed by atoms with Crippen molar-refractivity contribution < 1.29 is 0 Å². The Balaban J connectivity index is 3.75. The molecule has 1 nitrogen and oxygen atoms in total. The third kappa shape index (κ3) is 7.96. The lowest BCUT2D eigenvalue weighted by Gasteiger charge is -2.31. The molecule has 9 heavy (non-hydrogen) atoms. The van der Waals surface area contributed by atoms with Crippen molar-refractivity contribution in [2.45, 2.75) is 38.8 Å². The Morgan fingerprint density at radius 3 is 1.11 bits per heavy atom. The Morgan fingerprint density at radius 2 is 1.11 bits per heavy atom. The maximum Gasteiger partial charge on any atom is 0.0130 e. The van der Waals surface area contributed by atoms with Gasteiger partial charge in [-0.05, 0) is 41.5 Å². The number of rotatable bonds is 2. The van der Waals surface area contributed by atoms with Crippen molar-refractivity contribution in [1.82, 2.24) is 5.32 Å². The quantitative estimate of drug-likeness (QED) is 0.596. The molecule has 0 fully saturated rings. The van der Waals surface area contributed by atoms with Crippen molar-refractivity contribution in [3.63, 3.8) is 0 Å². The van der Waals surface area contributed by atoms with E-state index in [4.69, 9.17) is 0 Å². The van der Waals surface area contributed by atoms with E-state index in [1.165, 1.54) is 0 Å². The molecule has 0 heterocycles. The van der Waals surface area contributed by atoms with E-state index in [0.717, 1.165) is 0 Å². The molecule has 0 aromatic heterocycles. The second-order valence-corrected chi connectivity index (χ2v) is 3.89. The summed E-state index contributed by atoms with van der Waals surface area (Å²) in [6.07, 6.45) is 0. The zero-order valence-electron chi connectivity index (χ0n) is 6.91. The molecule has 0 rings (SSSR count). The zero-order valence-corrected chi connectivity index (χ0v) is 6.91. The van der Waals surface area contributed by atoms with Crippen LogP contribution in [0.1, 0.15) is 27.7 Å². The van der Waals surface area contributed by atoms with E-state index in [9.17, 15) is 0 Å². The first-order chi connectivity index (χ1) is 3.71. The van der Waals surface area contributed by atoms with Crippen LogP contribution in [0.25, 0.3) is 0 Å². The van der Waals surface area contributed by atoms with E-state index in [-0.39, 0.29) is 11.1 Å². The predicted octanol–water partition coefficient (Wildman–Crippen LogP) is 1.80. The van der Waals surface area contributed by atoms with Crippen LogP contribution in [0.3, 0.4) is 0 Å². The van der Waals surface area contributed by atoms with Crippen molar-refractivity contribution in [2.24, 2.45) is 0 Å². The summed E-state index contributed by atoms with van der Waals surface area (Å²) in [4.78, 5) is 0. The highest BCUT2D eigenvalue weighted by Gasteiger charge is 2.18. The molecule has 0 bridgehead atoms. The van der Waals surface area contributed by atoms with Gasteiger partial charge in [-0.1, -0.05) is 0 Å². The molecule has 0 aliphatic heterocycles. The molecule has 54 valence electrons. The first kappa shape index (κ1) is 8.96. The molecule has 0 saturated heterocycles. The van der Waals surface area contributed by atoms with Crippen LogP contribution < -0.4 is 5.32 Å². The van der Waals surface area contributed by atoms with Gasteiger partial charge < -0.3 is 5.32 Å². The maximum absolute atomic E-state index is 3.90. The summed E-state index contributed by atoms with van der Waals surface area (Å²) in [5.41, 5.74) is -0.156. The summed E-state index contributed by atoms with van der Waals surface area (Å²) in [5.74, 6) is 0.